The third-order valence-corrected chi connectivity index (χ3v) is 2.70. The van der Waals surface area contributed by atoms with Gasteiger partial charge < -0.3 is 0 Å². The first-order valence-electron chi connectivity index (χ1n) is 5.18. The van der Waals surface area contributed by atoms with E-state index in [1.54, 1.807) is 5.92 Å². The molecule has 1 atom stereocenters. The molecule has 0 heterocycles. The molecule has 0 aliphatic heterocycles. The van der Waals surface area contributed by atoms with Crippen molar-refractivity contribution in [3.05, 3.63) is 41.8 Å². The zero-order valence-corrected chi connectivity index (χ0v) is 8.46. The van der Waals surface area contributed by atoms with Gasteiger partial charge in [0.25, 0.3) is 0 Å². The van der Waals surface area contributed by atoms with Gasteiger partial charge in [-0.2, -0.15) is 0 Å². The summed E-state index contributed by atoms with van der Waals surface area (Å²) >= 11 is 0. The molecule has 0 N–H and O–H groups in total. The summed E-state index contributed by atoms with van der Waals surface area (Å²) in [5, 5.41) is 0. The van der Waals surface area contributed by atoms with Crippen LogP contribution in [0.1, 0.15) is 32.3 Å². The van der Waals surface area contributed by atoms with Crippen molar-refractivity contribution in [1.29, 1.82) is 0 Å². The third-order valence-electron chi connectivity index (χ3n) is 2.70. The van der Waals surface area contributed by atoms with Crippen LogP contribution < -0.4 is 0 Å². The number of benzene rings is 1. The van der Waals surface area contributed by atoms with Crippen molar-refractivity contribution in [2.24, 2.45) is 11.8 Å². The molecule has 1 aliphatic carbocycles. The van der Waals surface area contributed by atoms with Crippen LogP contribution in [0, 0.1) is 17.8 Å². The molecule has 0 aromatic heterocycles. The Balaban J connectivity index is 1.93. The van der Waals surface area contributed by atoms with Crippen LogP contribution >= 0.6 is 0 Å². The van der Waals surface area contributed by atoms with Crippen molar-refractivity contribution >= 4 is 0 Å². The Hall–Kier alpha value is -0.780. The second-order valence-electron chi connectivity index (χ2n) is 4.42. The molecular weight excluding hydrogens is 156 g/mol. The van der Waals surface area contributed by atoms with E-state index < -0.39 is 0 Å². The van der Waals surface area contributed by atoms with Gasteiger partial charge in [-0.25, -0.2) is 0 Å². The van der Waals surface area contributed by atoms with Gasteiger partial charge in [0.1, 0.15) is 0 Å². The highest BCUT2D eigenvalue weighted by atomic mass is 14.4. The van der Waals surface area contributed by atoms with E-state index >= 15 is 0 Å². The summed E-state index contributed by atoms with van der Waals surface area (Å²) in [5.74, 6) is 3.41. The van der Waals surface area contributed by atoms with E-state index in [0.717, 1.165) is 11.8 Å². The van der Waals surface area contributed by atoms with Crippen LogP contribution in [-0.2, 0) is 0 Å². The molecule has 1 fully saturated rings. The lowest BCUT2D eigenvalue weighted by molar-refractivity contribution is 0.546. The summed E-state index contributed by atoms with van der Waals surface area (Å²) in [4.78, 5) is 0. The fourth-order valence-corrected chi connectivity index (χ4v) is 2.01. The molecule has 1 saturated carbocycles. The second-order valence-corrected chi connectivity index (χ2v) is 4.42. The smallest absolute Gasteiger partial charge is 0.00841 e. The number of hydrogen-bond acceptors (Lipinski definition) is 0. The average Bonchev–Trinajstić information content (AvgIpc) is 2.84. The standard InChI is InChI=1S/C13H17/c1-10(2)8-12-9-13(12)11-6-4-3-5-7-11/h3-7,10,12H,8-9H2,1-2H3. The Bertz CT molecular complexity index is 261. The monoisotopic (exact) mass is 173 g/mol. The summed E-state index contributed by atoms with van der Waals surface area (Å²) in [7, 11) is 0. The number of rotatable bonds is 3. The Morgan fingerprint density at radius 3 is 2.54 bits per heavy atom. The maximum Gasteiger partial charge on any atom is 0.00841 e. The average molecular weight is 173 g/mol. The minimum Gasteiger partial charge on any atom is -0.0628 e. The first kappa shape index (κ1) is 8.80. The van der Waals surface area contributed by atoms with Crippen molar-refractivity contribution in [2.45, 2.75) is 26.7 Å². The molecule has 0 nitrogen and oxygen atoms in total. The highest BCUT2D eigenvalue weighted by Gasteiger charge is 2.38. The highest BCUT2D eigenvalue weighted by molar-refractivity contribution is 5.39. The molecule has 0 heteroatoms. The summed E-state index contributed by atoms with van der Waals surface area (Å²) in [6, 6.07) is 10.8. The lowest BCUT2D eigenvalue weighted by Crippen LogP contribution is -1.90. The first-order valence-corrected chi connectivity index (χ1v) is 5.18. The summed E-state index contributed by atoms with van der Waals surface area (Å²) in [5.41, 5.74) is 1.47. The Kier molecular flexibility index (Phi) is 2.39. The maximum atomic E-state index is 2.31. The molecule has 13 heavy (non-hydrogen) atoms. The zero-order chi connectivity index (χ0) is 9.26. The van der Waals surface area contributed by atoms with Crippen molar-refractivity contribution in [1.82, 2.24) is 0 Å². The Morgan fingerprint density at radius 1 is 1.23 bits per heavy atom. The molecule has 0 amide bonds. The minimum absolute atomic E-state index is 0.839. The number of hydrogen-bond donors (Lipinski definition) is 0. The van der Waals surface area contributed by atoms with Crippen LogP contribution in [0.4, 0.5) is 0 Å². The summed E-state index contributed by atoms with van der Waals surface area (Å²) < 4.78 is 0. The van der Waals surface area contributed by atoms with Crippen LogP contribution in [-0.4, -0.2) is 0 Å². The minimum atomic E-state index is 0.839. The van der Waals surface area contributed by atoms with Gasteiger partial charge in [0.2, 0.25) is 0 Å². The molecule has 1 aromatic rings. The zero-order valence-electron chi connectivity index (χ0n) is 8.46. The quantitative estimate of drug-likeness (QED) is 0.654. The van der Waals surface area contributed by atoms with Gasteiger partial charge in [-0.1, -0.05) is 44.2 Å². The second kappa shape index (κ2) is 3.53. The molecule has 0 saturated heterocycles. The largest absolute Gasteiger partial charge is 0.0628 e. The van der Waals surface area contributed by atoms with Gasteiger partial charge in [0.05, 0.1) is 0 Å². The van der Waals surface area contributed by atoms with Crippen LogP contribution in [0.25, 0.3) is 0 Å². The normalized spacial score (nSPS) is 22.2. The van der Waals surface area contributed by atoms with Gasteiger partial charge in [-0.15, -0.1) is 0 Å². The lowest BCUT2D eigenvalue weighted by Gasteiger charge is -2.02. The van der Waals surface area contributed by atoms with E-state index in [9.17, 15) is 0 Å². The molecule has 1 aromatic carbocycles. The topological polar surface area (TPSA) is 0 Å². The predicted molar refractivity (Wildman–Crippen MR) is 56.3 cm³/mol. The fraction of sp³-hybridized carbons (Fsp3) is 0.462. The van der Waals surface area contributed by atoms with E-state index in [1.807, 2.05) is 0 Å². The molecule has 1 unspecified atom stereocenters. The van der Waals surface area contributed by atoms with Crippen molar-refractivity contribution in [2.75, 3.05) is 0 Å². The van der Waals surface area contributed by atoms with Gasteiger partial charge in [0.15, 0.2) is 0 Å². The SMILES string of the molecule is CC(C)CC1C[C]1c1ccccc1. The van der Waals surface area contributed by atoms with E-state index in [1.165, 1.54) is 18.4 Å². The molecular formula is C13H17. The van der Waals surface area contributed by atoms with Crippen LogP contribution in [0.2, 0.25) is 0 Å². The summed E-state index contributed by atoms with van der Waals surface area (Å²) in [6.07, 6.45) is 2.70. The Labute approximate surface area is 81.0 Å². The predicted octanol–water partition coefficient (Wildman–Crippen LogP) is 3.68. The van der Waals surface area contributed by atoms with Gasteiger partial charge in [0, 0.05) is 5.92 Å². The van der Waals surface area contributed by atoms with Gasteiger partial charge in [-0.3, -0.25) is 0 Å². The van der Waals surface area contributed by atoms with Crippen LogP contribution in [0.3, 0.4) is 0 Å². The van der Waals surface area contributed by atoms with E-state index in [2.05, 4.69) is 44.2 Å². The van der Waals surface area contributed by atoms with E-state index in [4.69, 9.17) is 0 Å². The molecule has 0 spiro atoms. The van der Waals surface area contributed by atoms with Crippen LogP contribution in [0.15, 0.2) is 30.3 Å². The molecule has 0 bridgehead atoms. The van der Waals surface area contributed by atoms with Crippen molar-refractivity contribution in [3.63, 3.8) is 0 Å². The fourth-order valence-electron chi connectivity index (χ4n) is 2.01. The van der Waals surface area contributed by atoms with Crippen molar-refractivity contribution < 1.29 is 0 Å². The van der Waals surface area contributed by atoms with Crippen LogP contribution in [0.5, 0.6) is 0 Å². The Morgan fingerprint density at radius 2 is 1.92 bits per heavy atom. The maximum absolute atomic E-state index is 2.31. The third kappa shape index (κ3) is 2.12. The van der Waals surface area contributed by atoms with E-state index in [-0.39, 0.29) is 0 Å². The highest BCUT2D eigenvalue weighted by Crippen LogP contribution is 2.49. The lowest BCUT2D eigenvalue weighted by atomic mass is 10.0. The summed E-state index contributed by atoms with van der Waals surface area (Å²) in [6.45, 7) is 4.61. The molecule has 69 valence electrons. The van der Waals surface area contributed by atoms with Gasteiger partial charge >= 0.3 is 0 Å². The molecule has 2 rings (SSSR count). The van der Waals surface area contributed by atoms with E-state index in [0.29, 0.717) is 0 Å². The van der Waals surface area contributed by atoms with Gasteiger partial charge in [-0.05, 0) is 30.2 Å². The van der Waals surface area contributed by atoms with Crippen molar-refractivity contribution in [3.8, 4) is 0 Å². The molecule has 1 radical (unpaired) electrons. The molecule has 1 aliphatic rings. The first-order chi connectivity index (χ1) is 6.27.